The van der Waals surface area contributed by atoms with Gasteiger partial charge >= 0.3 is 0 Å². The van der Waals surface area contributed by atoms with Crippen molar-refractivity contribution in [1.29, 1.82) is 0 Å². The molecule has 0 fully saturated rings. The molecule has 0 amide bonds. The molecule has 0 unspecified atom stereocenters. The van der Waals surface area contributed by atoms with E-state index in [9.17, 15) is 0 Å². The lowest BCUT2D eigenvalue weighted by Crippen LogP contribution is -1.99. The molecule has 5 heteroatoms. The number of nitrogens with zero attached hydrogens (tertiary/aromatic N) is 3. The molecule has 0 spiro atoms. The lowest BCUT2D eigenvalue weighted by molar-refractivity contribution is 1.07. The smallest absolute Gasteiger partial charge is 0.236 e. The van der Waals surface area contributed by atoms with Crippen molar-refractivity contribution >= 4 is 27.5 Å². The number of nitrogens with two attached hydrogens (primary N) is 1. The van der Waals surface area contributed by atoms with Crippen molar-refractivity contribution in [2.24, 2.45) is 0 Å². The van der Waals surface area contributed by atoms with E-state index in [0.29, 0.717) is 11.6 Å². The number of nitrogen functional groups attached to an aromatic ring is 1. The molecule has 0 saturated heterocycles. The maximum Gasteiger partial charge on any atom is 0.236 e. The highest BCUT2D eigenvalue weighted by atomic mass is 79.9. The second-order valence-corrected chi connectivity index (χ2v) is 3.35. The van der Waals surface area contributed by atoms with Gasteiger partial charge in [0.05, 0.1) is 6.20 Å². The molecule has 0 atom stereocenters. The van der Waals surface area contributed by atoms with E-state index < -0.39 is 0 Å². The average molecular weight is 227 g/mol. The summed E-state index contributed by atoms with van der Waals surface area (Å²) in [6, 6.07) is 1.80. The van der Waals surface area contributed by atoms with Crippen LogP contribution in [0, 0.1) is 6.92 Å². The number of halogens is 1. The molecule has 2 N–H and O–H groups in total. The van der Waals surface area contributed by atoms with Crippen LogP contribution < -0.4 is 5.73 Å². The third-order valence-electron chi connectivity index (χ3n) is 1.59. The first-order valence-corrected chi connectivity index (χ1v) is 4.24. The minimum absolute atomic E-state index is 0.624. The van der Waals surface area contributed by atoms with Gasteiger partial charge in [-0.05, 0) is 22.9 Å². The molecule has 0 aliphatic carbocycles. The summed E-state index contributed by atoms with van der Waals surface area (Å²) in [5.41, 5.74) is 6.63. The van der Waals surface area contributed by atoms with Crippen LogP contribution in [0.15, 0.2) is 16.9 Å². The number of anilines is 1. The first kappa shape index (κ1) is 7.54. The van der Waals surface area contributed by atoms with E-state index in [4.69, 9.17) is 5.73 Å². The average Bonchev–Trinajstić information content (AvgIpc) is 2.31. The van der Waals surface area contributed by atoms with Crippen LogP contribution in [-0.2, 0) is 0 Å². The van der Waals surface area contributed by atoms with Crippen LogP contribution in [0.2, 0.25) is 0 Å². The highest BCUT2D eigenvalue weighted by Gasteiger charge is 2.04. The molecule has 0 aliphatic heterocycles. The minimum atomic E-state index is 0.624. The monoisotopic (exact) mass is 226 g/mol. The lowest BCUT2D eigenvalue weighted by Gasteiger charge is -2.00. The molecule has 0 aliphatic rings. The van der Waals surface area contributed by atoms with Crippen LogP contribution in [0.3, 0.4) is 0 Å². The van der Waals surface area contributed by atoms with Crippen LogP contribution in [0.5, 0.6) is 0 Å². The first-order chi connectivity index (χ1) is 5.68. The first-order valence-electron chi connectivity index (χ1n) is 3.44. The second-order valence-electron chi connectivity index (χ2n) is 2.54. The summed E-state index contributed by atoms with van der Waals surface area (Å²) in [6.07, 6.45) is 1.68. The van der Waals surface area contributed by atoms with E-state index in [-0.39, 0.29) is 0 Å². The van der Waals surface area contributed by atoms with Gasteiger partial charge in [0.2, 0.25) is 5.78 Å². The van der Waals surface area contributed by atoms with Gasteiger partial charge in [0, 0.05) is 11.8 Å². The summed E-state index contributed by atoms with van der Waals surface area (Å²) in [6.45, 7) is 1.89. The Hall–Kier alpha value is -1.10. The Bertz CT molecular complexity index is 434. The van der Waals surface area contributed by atoms with Gasteiger partial charge in [-0.25, -0.2) is 9.97 Å². The van der Waals surface area contributed by atoms with Crippen molar-refractivity contribution in [3.05, 3.63) is 22.6 Å². The third-order valence-corrected chi connectivity index (χ3v) is 2.15. The van der Waals surface area contributed by atoms with E-state index >= 15 is 0 Å². The molecular weight excluding hydrogens is 220 g/mol. The maximum atomic E-state index is 5.76. The van der Waals surface area contributed by atoms with Crippen LogP contribution in [-0.4, -0.2) is 14.4 Å². The molecule has 2 aromatic heterocycles. The fourth-order valence-corrected chi connectivity index (χ4v) is 1.57. The van der Waals surface area contributed by atoms with E-state index in [1.165, 1.54) is 0 Å². The predicted molar refractivity (Wildman–Crippen MR) is 49.8 cm³/mol. The fraction of sp³-hybridized carbons (Fsp3) is 0.143. The highest BCUT2D eigenvalue weighted by molar-refractivity contribution is 9.10. The van der Waals surface area contributed by atoms with Crippen LogP contribution in [0.25, 0.3) is 5.78 Å². The molecule has 62 valence electrons. The summed E-state index contributed by atoms with van der Waals surface area (Å²) in [5, 5.41) is 0. The van der Waals surface area contributed by atoms with Gasteiger partial charge < -0.3 is 5.73 Å². The Morgan fingerprint density at radius 1 is 1.58 bits per heavy atom. The van der Waals surface area contributed by atoms with Crippen LogP contribution in [0.4, 0.5) is 5.82 Å². The topological polar surface area (TPSA) is 56.2 Å². The molecular formula is C7H7BrN4. The number of aromatic nitrogens is 3. The van der Waals surface area contributed by atoms with Crippen molar-refractivity contribution in [1.82, 2.24) is 14.4 Å². The van der Waals surface area contributed by atoms with Gasteiger partial charge in [0.25, 0.3) is 0 Å². The Labute approximate surface area is 77.6 Å². The van der Waals surface area contributed by atoms with Crippen molar-refractivity contribution in [2.75, 3.05) is 5.73 Å². The molecule has 2 aromatic rings. The Kier molecular flexibility index (Phi) is 1.54. The predicted octanol–water partition coefficient (Wildman–Crippen LogP) is 1.38. The van der Waals surface area contributed by atoms with Gasteiger partial charge in [0.15, 0.2) is 0 Å². The largest absolute Gasteiger partial charge is 0.385 e. The van der Waals surface area contributed by atoms with Crippen molar-refractivity contribution < 1.29 is 0 Å². The zero-order chi connectivity index (χ0) is 8.72. The number of hydrogen-bond donors (Lipinski definition) is 1. The molecule has 0 bridgehead atoms. The zero-order valence-corrected chi connectivity index (χ0v) is 8.04. The standard InChI is InChI=1S/C7H7BrN4/c1-4-2-6(9)12-5(8)3-10-7(12)11-4/h2-3H,9H2,1H3. The van der Waals surface area contributed by atoms with Gasteiger partial charge in [-0.3, -0.25) is 4.40 Å². The fourth-order valence-electron chi connectivity index (χ4n) is 1.11. The van der Waals surface area contributed by atoms with Gasteiger partial charge in [-0.15, -0.1) is 0 Å². The van der Waals surface area contributed by atoms with Gasteiger partial charge in [0.1, 0.15) is 10.4 Å². The van der Waals surface area contributed by atoms with Crippen molar-refractivity contribution in [3.8, 4) is 0 Å². The molecule has 4 nitrogen and oxygen atoms in total. The summed E-state index contributed by atoms with van der Waals surface area (Å²) in [5.74, 6) is 1.27. The summed E-state index contributed by atoms with van der Waals surface area (Å²) in [7, 11) is 0. The summed E-state index contributed by atoms with van der Waals surface area (Å²) in [4.78, 5) is 8.26. The third kappa shape index (κ3) is 0.972. The number of fused-ring (bicyclic) bond motifs is 1. The van der Waals surface area contributed by atoms with Gasteiger partial charge in [-0.1, -0.05) is 0 Å². The van der Waals surface area contributed by atoms with Crippen LogP contribution in [0.1, 0.15) is 5.69 Å². The van der Waals surface area contributed by atoms with E-state index in [2.05, 4.69) is 25.9 Å². The van der Waals surface area contributed by atoms with Gasteiger partial charge in [-0.2, -0.15) is 0 Å². The minimum Gasteiger partial charge on any atom is -0.385 e. The van der Waals surface area contributed by atoms with Crippen molar-refractivity contribution in [3.63, 3.8) is 0 Å². The number of aryl methyl sites for hydroxylation is 1. The lowest BCUT2D eigenvalue weighted by atomic mass is 10.4. The summed E-state index contributed by atoms with van der Waals surface area (Å²) >= 11 is 3.32. The van der Waals surface area contributed by atoms with E-state index in [1.54, 1.807) is 16.7 Å². The number of rotatable bonds is 0. The summed E-state index contributed by atoms with van der Waals surface area (Å²) < 4.78 is 2.56. The molecule has 0 saturated carbocycles. The Morgan fingerprint density at radius 2 is 2.33 bits per heavy atom. The molecule has 0 radical (unpaired) electrons. The highest BCUT2D eigenvalue weighted by Crippen LogP contribution is 2.16. The molecule has 2 rings (SSSR count). The van der Waals surface area contributed by atoms with Crippen molar-refractivity contribution in [2.45, 2.75) is 6.92 Å². The Balaban J connectivity index is 2.93. The van der Waals surface area contributed by atoms with Crippen LogP contribution >= 0.6 is 15.9 Å². The second kappa shape index (κ2) is 2.45. The number of imidazole rings is 1. The maximum absolute atomic E-state index is 5.76. The molecule has 2 heterocycles. The zero-order valence-electron chi connectivity index (χ0n) is 6.45. The quantitative estimate of drug-likeness (QED) is 0.739. The SMILES string of the molecule is Cc1cc(N)n2c(Br)cnc2n1. The van der Waals surface area contributed by atoms with E-state index in [0.717, 1.165) is 10.3 Å². The van der Waals surface area contributed by atoms with E-state index in [1.807, 2.05) is 6.92 Å². The number of hydrogen-bond acceptors (Lipinski definition) is 3. The Morgan fingerprint density at radius 3 is 3.08 bits per heavy atom. The molecule has 0 aromatic carbocycles. The normalized spacial score (nSPS) is 10.8. The molecule has 12 heavy (non-hydrogen) atoms.